The van der Waals surface area contributed by atoms with Crippen LogP contribution in [0.4, 0.5) is 4.79 Å². The quantitative estimate of drug-likeness (QED) is 0.663. The molecule has 0 spiro atoms. The molecule has 2 fully saturated rings. The molecule has 0 saturated heterocycles. The summed E-state index contributed by atoms with van der Waals surface area (Å²) in [5.41, 5.74) is 0. The first-order valence-corrected chi connectivity index (χ1v) is 7.84. The number of amides is 2. The van der Waals surface area contributed by atoms with Crippen LogP contribution in [0.25, 0.3) is 0 Å². The first-order chi connectivity index (χ1) is 9.19. The van der Waals surface area contributed by atoms with Crippen molar-refractivity contribution in [3.63, 3.8) is 0 Å². The van der Waals surface area contributed by atoms with Crippen molar-refractivity contribution < 1.29 is 9.90 Å². The average molecular weight is 268 g/mol. The Morgan fingerprint density at radius 2 is 2.21 bits per heavy atom. The predicted octanol–water partition coefficient (Wildman–Crippen LogP) is 2.27. The van der Waals surface area contributed by atoms with Crippen LogP contribution in [0.15, 0.2) is 0 Å². The van der Waals surface area contributed by atoms with Gasteiger partial charge in [0.25, 0.3) is 0 Å². The molecular weight excluding hydrogens is 240 g/mol. The van der Waals surface area contributed by atoms with Crippen LogP contribution in [0.1, 0.15) is 51.9 Å². The highest BCUT2D eigenvalue weighted by molar-refractivity contribution is 5.74. The van der Waals surface area contributed by atoms with Crippen molar-refractivity contribution in [3.8, 4) is 0 Å². The molecule has 0 heterocycles. The maximum Gasteiger partial charge on any atom is 0.314 e. The number of carbonyl (C=O) groups excluding carboxylic acids is 1. The SMILES string of the molecule is CC(CCCO)NC(=O)NCCC1CC2CCC1C2. The zero-order chi connectivity index (χ0) is 13.7. The number of rotatable bonds is 7. The molecule has 4 heteroatoms. The average Bonchev–Trinajstić information content (AvgIpc) is 2.98. The summed E-state index contributed by atoms with van der Waals surface area (Å²) in [4.78, 5) is 11.7. The highest BCUT2D eigenvalue weighted by Crippen LogP contribution is 2.49. The third-order valence-corrected chi connectivity index (χ3v) is 4.86. The molecule has 0 aromatic heterocycles. The van der Waals surface area contributed by atoms with Crippen molar-refractivity contribution in [2.75, 3.05) is 13.2 Å². The van der Waals surface area contributed by atoms with E-state index in [-0.39, 0.29) is 18.7 Å². The smallest absolute Gasteiger partial charge is 0.314 e. The normalized spacial score (nSPS) is 30.3. The molecule has 19 heavy (non-hydrogen) atoms. The summed E-state index contributed by atoms with van der Waals surface area (Å²) >= 11 is 0. The molecule has 2 aliphatic rings. The second-order valence-electron chi connectivity index (χ2n) is 6.39. The van der Waals surface area contributed by atoms with Gasteiger partial charge in [0, 0.05) is 19.2 Å². The van der Waals surface area contributed by atoms with Crippen LogP contribution >= 0.6 is 0 Å². The Labute approximate surface area is 116 Å². The summed E-state index contributed by atoms with van der Waals surface area (Å²) in [5, 5.41) is 14.6. The number of hydrogen-bond donors (Lipinski definition) is 3. The largest absolute Gasteiger partial charge is 0.396 e. The lowest BCUT2D eigenvalue weighted by Crippen LogP contribution is -2.41. The molecule has 0 aliphatic heterocycles. The van der Waals surface area contributed by atoms with E-state index in [1.165, 1.54) is 25.7 Å². The predicted molar refractivity (Wildman–Crippen MR) is 75.9 cm³/mol. The van der Waals surface area contributed by atoms with E-state index < -0.39 is 0 Å². The van der Waals surface area contributed by atoms with Crippen molar-refractivity contribution in [1.29, 1.82) is 0 Å². The fourth-order valence-electron chi connectivity index (χ4n) is 3.85. The highest BCUT2D eigenvalue weighted by Gasteiger charge is 2.38. The van der Waals surface area contributed by atoms with E-state index in [1.807, 2.05) is 6.92 Å². The van der Waals surface area contributed by atoms with Gasteiger partial charge in [-0.05, 0) is 63.2 Å². The van der Waals surface area contributed by atoms with E-state index in [0.717, 1.165) is 43.6 Å². The molecule has 3 N–H and O–H groups in total. The van der Waals surface area contributed by atoms with Gasteiger partial charge in [0.15, 0.2) is 0 Å². The van der Waals surface area contributed by atoms with Crippen molar-refractivity contribution >= 4 is 6.03 Å². The minimum atomic E-state index is -0.0615. The second kappa shape index (κ2) is 7.13. The van der Waals surface area contributed by atoms with Crippen LogP contribution in [0, 0.1) is 17.8 Å². The first kappa shape index (κ1) is 14.6. The lowest BCUT2D eigenvalue weighted by Gasteiger charge is -2.22. The van der Waals surface area contributed by atoms with Gasteiger partial charge in [0.2, 0.25) is 0 Å². The molecule has 110 valence electrons. The van der Waals surface area contributed by atoms with Gasteiger partial charge in [0.1, 0.15) is 0 Å². The molecule has 2 rings (SSSR count). The molecule has 2 aliphatic carbocycles. The molecule has 0 aromatic carbocycles. The second-order valence-corrected chi connectivity index (χ2v) is 6.39. The van der Waals surface area contributed by atoms with Crippen LogP contribution in [0.3, 0.4) is 0 Å². The van der Waals surface area contributed by atoms with Gasteiger partial charge >= 0.3 is 6.03 Å². The molecule has 2 saturated carbocycles. The monoisotopic (exact) mass is 268 g/mol. The van der Waals surface area contributed by atoms with E-state index in [2.05, 4.69) is 10.6 Å². The topological polar surface area (TPSA) is 61.4 Å². The minimum absolute atomic E-state index is 0.0615. The van der Waals surface area contributed by atoms with Gasteiger partial charge in [-0.15, -0.1) is 0 Å². The molecule has 4 atom stereocenters. The summed E-state index contributed by atoms with van der Waals surface area (Å²) in [6, 6.07) is 0.0724. The number of hydrogen-bond acceptors (Lipinski definition) is 2. The van der Waals surface area contributed by atoms with Gasteiger partial charge in [-0.3, -0.25) is 0 Å². The summed E-state index contributed by atoms with van der Waals surface area (Å²) in [7, 11) is 0. The number of aliphatic hydroxyl groups excluding tert-OH is 1. The number of aliphatic hydroxyl groups is 1. The number of carbonyl (C=O) groups is 1. The van der Waals surface area contributed by atoms with Crippen LogP contribution in [-0.4, -0.2) is 30.3 Å². The summed E-state index contributed by atoms with van der Waals surface area (Å²) in [6.45, 7) is 2.97. The minimum Gasteiger partial charge on any atom is -0.396 e. The Morgan fingerprint density at radius 1 is 1.37 bits per heavy atom. The van der Waals surface area contributed by atoms with Crippen molar-refractivity contribution in [3.05, 3.63) is 0 Å². The van der Waals surface area contributed by atoms with Gasteiger partial charge in [0.05, 0.1) is 0 Å². The van der Waals surface area contributed by atoms with Gasteiger partial charge in [-0.25, -0.2) is 4.79 Å². The van der Waals surface area contributed by atoms with E-state index in [4.69, 9.17) is 5.11 Å². The van der Waals surface area contributed by atoms with Gasteiger partial charge in [-0.1, -0.05) is 6.42 Å². The molecule has 4 unspecified atom stereocenters. The number of urea groups is 1. The molecule has 4 nitrogen and oxygen atoms in total. The van der Waals surface area contributed by atoms with E-state index in [0.29, 0.717) is 0 Å². The Balaban J connectivity index is 1.54. The molecular formula is C15H28N2O2. The van der Waals surface area contributed by atoms with E-state index in [1.54, 1.807) is 0 Å². The highest BCUT2D eigenvalue weighted by atomic mass is 16.3. The third-order valence-electron chi connectivity index (χ3n) is 4.86. The Hall–Kier alpha value is -0.770. The fraction of sp³-hybridized carbons (Fsp3) is 0.933. The molecule has 0 aromatic rings. The Bertz CT molecular complexity index is 296. The summed E-state index contributed by atoms with van der Waals surface area (Å²) in [5.74, 6) is 2.78. The molecule has 2 bridgehead atoms. The first-order valence-electron chi connectivity index (χ1n) is 7.84. The molecule has 2 amide bonds. The maximum absolute atomic E-state index is 11.7. The van der Waals surface area contributed by atoms with Crippen molar-refractivity contribution in [2.45, 2.75) is 57.9 Å². The van der Waals surface area contributed by atoms with Crippen LogP contribution in [0.5, 0.6) is 0 Å². The van der Waals surface area contributed by atoms with E-state index >= 15 is 0 Å². The van der Waals surface area contributed by atoms with Crippen LogP contribution < -0.4 is 10.6 Å². The van der Waals surface area contributed by atoms with Crippen LogP contribution in [0.2, 0.25) is 0 Å². The number of nitrogens with one attached hydrogen (secondary N) is 2. The fourth-order valence-corrected chi connectivity index (χ4v) is 3.85. The van der Waals surface area contributed by atoms with E-state index in [9.17, 15) is 4.79 Å². The van der Waals surface area contributed by atoms with Crippen molar-refractivity contribution in [2.24, 2.45) is 17.8 Å². The number of fused-ring (bicyclic) bond motifs is 2. The molecule has 0 radical (unpaired) electrons. The summed E-state index contributed by atoms with van der Waals surface area (Å²) in [6.07, 6.45) is 8.40. The van der Waals surface area contributed by atoms with Gasteiger partial charge < -0.3 is 15.7 Å². The van der Waals surface area contributed by atoms with Crippen LogP contribution in [-0.2, 0) is 0 Å². The van der Waals surface area contributed by atoms with Gasteiger partial charge in [-0.2, -0.15) is 0 Å². The maximum atomic E-state index is 11.7. The Morgan fingerprint density at radius 3 is 2.84 bits per heavy atom. The Kier molecular flexibility index (Phi) is 5.49. The lowest BCUT2D eigenvalue weighted by molar-refractivity contribution is 0.232. The zero-order valence-corrected chi connectivity index (χ0v) is 12.0. The zero-order valence-electron chi connectivity index (χ0n) is 12.0. The lowest BCUT2D eigenvalue weighted by atomic mass is 9.86. The summed E-state index contributed by atoms with van der Waals surface area (Å²) < 4.78 is 0. The third kappa shape index (κ3) is 4.37. The standard InChI is InChI=1S/C15H28N2O2/c1-11(3-2-8-18)17-15(19)16-7-6-14-10-12-4-5-13(14)9-12/h11-14,18H,2-10H2,1H3,(H2,16,17,19). The van der Waals surface area contributed by atoms with Crippen molar-refractivity contribution in [1.82, 2.24) is 10.6 Å².